The van der Waals surface area contributed by atoms with Crippen molar-refractivity contribution in [3.8, 4) is 45.6 Å². The fourth-order valence-electron chi connectivity index (χ4n) is 8.23. The zero-order chi connectivity index (χ0) is 35.9. The molecule has 7 aromatic carbocycles. The molecule has 258 valence electrons. The number of rotatable bonds is 4. The largest absolute Gasteiger partial charge is 0.455 e. The normalized spacial score (nSPS) is 15.1. The maximum Gasteiger partial charge on any atom is 0.177 e. The number of fused-ring (bicyclic) bond motifs is 6. The third-order valence-corrected chi connectivity index (χ3v) is 12.3. The van der Waals surface area contributed by atoms with E-state index in [0.717, 1.165) is 56.8 Å². The second-order valence-corrected chi connectivity index (χ2v) is 16.0. The number of anilines is 3. The fraction of sp³-hybridized carbons (Fsp3) is 0.125. The highest BCUT2D eigenvalue weighted by Gasteiger charge is 2.39. The standard InChI is InChI=1S/C48H37NO3S/c1-47(2)33-15-5-7-21-39(33)51-45-35(47)17-12-19-37(45)49(38-20-13-18-36-46(38)53-43-25-10-6-16-34(43)48(36,3)4)31-28-26-30(27-29-31)32-14-11-24-42-44(32)52-41-23-9-8-22-40(41)50-42/h5-29H,1-4H3. The third kappa shape index (κ3) is 4.91. The molecule has 3 heterocycles. The fourth-order valence-corrected chi connectivity index (χ4v) is 9.73. The Hall–Kier alpha value is -5.91. The van der Waals surface area contributed by atoms with E-state index in [1.54, 1.807) is 0 Å². The summed E-state index contributed by atoms with van der Waals surface area (Å²) >= 11 is 1.85. The van der Waals surface area contributed by atoms with Crippen LogP contribution >= 0.6 is 11.8 Å². The molecule has 0 amide bonds. The summed E-state index contributed by atoms with van der Waals surface area (Å²) in [6.45, 7) is 9.26. The molecule has 0 bridgehead atoms. The van der Waals surface area contributed by atoms with E-state index in [1.165, 1.54) is 26.5 Å². The van der Waals surface area contributed by atoms with Crippen molar-refractivity contribution in [3.63, 3.8) is 0 Å². The lowest BCUT2D eigenvalue weighted by atomic mass is 9.75. The molecular formula is C48H37NO3S. The molecule has 3 aliphatic heterocycles. The van der Waals surface area contributed by atoms with Crippen molar-refractivity contribution in [3.05, 3.63) is 174 Å². The topological polar surface area (TPSA) is 30.9 Å². The van der Waals surface area contributed by atoms with Crippen LogP contribution in [0.2, 0.25) is 0 Å². The minimum absolute atomic E-state index is 0.177. The molecule has 5 heteroatoms. The van der Waals surface area contributed by atoms with Gasteiger partial charge < -0.3 is 19.1 Å². The van der Waals surface area contributed by atoms with Crippen LogP contribution in [-0.2, 0) is 10.8 Å². The Morgan fingerprint density at radius 1 is 0.434 bits per heavy atom. The van der Waals surface area contributed by atoms with Gasteiger partial charge in [-0.1, -0.05) is 137 Å². The molecule has 0 atom stereocenters. The van der Waals surface area contributed by atoms with Gasteiger partial charge in [0.25, 0.3) is 0 Å². The predicted octanol–water partition coefficient (Wildman–Crippen LogP) is 13.9. The SMILES string of the molecule is CC1(C)c2ccccc2Oc2c(N(c3ccc(-c4cccc5c4Oc4ccccc4O5)cc3)c3cccc4c3Sc3ccccc3C4(C)C)cccc21. The summed E-state index contributed by atoms with van der Waals surface area (Å²) in [5.41, 5.74) is 9.72. The first-order chi connectivity index (χ1) is 25.8. The molecule has 0 radical (unpaired) electrons. The molecule has 4 nitrogen and oxygen atoms in total. The minimum Gasteiger partial charge on any atom is -0.455 e. The first-order valence-electron chi connectivity index (χ1n) is 18.1. The van der Waals surface area contributed by atoms with Gasteiger partial charge in [0.15, 0.2) is 28.7 Å². The molecule has 53 heavy (non-hydrogen) atoms. The van der Waals surface area contributed by atoms with Gasteiger partial charge in [-0.3, -0.25) is 0 Å². The van der Waals surface area contributed by atoms with E-state index >= 15 is 0 Å². The Morgan fingerprint density at radius 3 is 1.79 bits per heavy atom. The summed E-state index contributed by atoms with van der Waals surface area (Å²) in [7, 11) is 0. The number of nitrogens with zero attached hydrogens (tertiary/aromatic N) is 1. The van der Waals surface area contributed by atoms with Crippen molar-refractivity contribution in [2.24, 2.45) is 0 Å². The Balaban J connectivity index is 1.15. The lowest BCUT2D eigenvalue weighted by Crippen LogP contribution is -2.26. The zero-order valence-corrected chi connectivity index (χ0v) is 30.8. The minimum atomic E-state index is -0.255. The summed E-state index contributed by atoms with van der Waals surface area (Å²) in [4.78, 5) is 4.92. The maximum absolute atomic E-state index is 6.91. The van der Waals surface area contributed by atoms with Crippen LogP contribution in [0.25, 0.3) is 11.1 Å². The average Bonchev–Trinajstić information content (AvgIpc) is 3.18. The van der Waals surface area contributed by atoms with Crippen molar-refractivity contribution in [1.29, 1.82) is 0 Å². The Labute approximate surface area is 314 Å². The molecule has 7 aromatic rings. The second kappa shape index (κ2) is 11.8. The molecule has 3 aliphatic rings. The first kappa shape index (κ1) is 31.8. The maximum atomic E-state index is 6.91. The Kier molecular flexibility index (Phi) is 7.08. The van der Waals surface area contributed by atoms with Crippen molar-refractivity contribution in [2.45, 2.75) is 48.3 Å². The molecule has 0 aromatic heterocycles. The van der Waals surface area contributed by atoms with Crippen molar-refractivity contribution in [1.82, 2.24) is 0 Å². The molecule has 0 saturated heterocycles. The van der Waals surface area contributed by atoms with Crippen LogP contribution in [0, 0.1) is 0 Å². The van der Waals surface area contributed by atoms with Crippen molar-refractivity contribution < 1.29 is 14.2 Å². The summed E-state index contributed by atoms with van der Waals surface area (Å²) in [6, 6.07) is 53.2. The summed E-state index contributed by atoms with van der Waals surface area (Å²) in [6.07, 6.45) is 0. The monoisotopic (exact) mass is 707 g/mol. The molecular weight excluding hydrogens is 671 g/mol. The number of hydrogen-bond donors (Lipinski definition) is 0. The number of para-hydroxylation sites is 5. The van der Waals surface area contributed by atoms with Crippen LogP contribution in [0.5, 0.6) is 34.5 Å². The van der Waals surface area contributed by atoms with Crippen LogP contribution in [0.3, 0.4) is 0 Å². The van der Waals surface area contributed by atoms with E-state index in [-0.39, 0.29) is 10.8 Å². The van der Waals surface area contributed by atoms with E-state index in [0.29, 0.717) is 11.5 Å². The molecule has 0 fully saturated rings. The number of ether oxygens (including phenoxy) is 3. The second-order valence-electron chi connectivity index (χ2n) is 14.9. The van der Waals surface area contributed by atoms with Crippen LogP contribution < -0.4 is 19.1 Å². The molecule has 0 aliphatic carbocycles. The van der Waals surface area contributed by atoms with E-state index in [4.69, 9.17) is 14.2 Å². The van der Waals surface area contributed by atoms with Crippen LogP contribution in [0.4, 0.5) is 17.1 Å². The van der Waals surface area contributed by atoms with Gasteiger partial charge in [-0.05, 0) is 71.3 Å². The van der Waals surface area contributed by atoms with Gasteiger partial charge in [0.2, 0.25) is 0 Å². The van der Waals surface area contributed by atoms with Gasteiger partial charge in [0, 0.05) is 43.0 Å². The third-order valence-electron chi connectivity index (χ3n) is 11.1. The van der Waals surface area contributed by atoms with Gasteiger partial charge in [-0.2, -0.15) is 0 Å². The highest BCUT2D eigenvalue weighted by molar-refractivity contribution is 7.99. The molecule has 0 unspecified atom stereocenters. The lowest BCUT2D eigenvalue weighted by Gasteiger charge is -2.39. The van der Waals surface area contributed by atoms with Crippen molar-refractivity contribution >= 4 is 28.8 Å². The van der Waals surface area contributed by atoms with Gasteiger partial charge in [-0.25, -0.2) is 0 Å². The highest BCUT2D eigenvalue weighted by Crippen LogP contribution is 2.58. The highest BCUT2D eigenvalue weighted by atomic mass is 32.2. The molecule has 0 saturated carbocycles. The first-order valence-corrected chi connectivity index (χ1v) is 18.9. The summed E-state index contributed by atoms with van der Waals surface area (Å²) in [5, 5.41) is 0. The summed E-state index contributed by atoms with van der Waals surface area (Å²) in [5.74, 6) is 4.63. The van der Waals surface area contributed by atoms with Gasteiger partial charge in [-0.15, -0.1) is 0 Å². The Morgan fingerprint density at radius 2 is 1.00 bits per heavy atom. The van der Waals surface area contributed by atoms with E-state index in [9.17, 15) is 0 Å². The average molecular weight is 708 g/mol. The molecule has 0 spiro atoms. The van der Waals surface area contributed by atoms with Crippen molar-refractivity contribution in [2.75, 3.05) is 4.90 Å². The van der Waals surface area contributed by atoms with E-state index < -0.39 is 0 Å². The van der Waals surface area contributed by atoms with Crippen LogP contribution in [0.15, 0.2) is 161 Å². The number of hydrogen-bond acceptors (Lipinski definition) is 5. The smallest absolute Gasteiger partial charge is 0.177 e. The molecule has 10 rings (SSSR count). The lowest BCUT2D eigenvalue weighted by molar-refractivity contribution is 0.361. The quantitative estimate of drug-likeness (QED) is 0.182. The van der Waals surface area contributed by atoms with Gasteiger partial charge in [0.1, 0.15) is 5.75 Å². The Bertz CT molecular complexity index is 2480. The van der Waals surface area contributed by atoms with Gasteiger partial charge >= 0.3 is 0 Å². The number of benzene rings is 7. The molecule has 0 N–H and O–H groups in total. The van der Waals surface area contributed by atoms with E-state index in [1.807, 2.05) is 48.2 Å². The van der Waals surface area contributed by atoms with Gasteiger partial charge in [0.05, 0.1) is 11.4 Å². The predicted molar refractivity (Wildman–Crippen MR) is 214 cm³/mol. The summed E-state index contributed by atoms with van der Waals surface area (Å²) < 4.78 is 19.6. The van der Waals surface area contributed by atoms with E-state index in [2.05, 4.69) is 148 Å². The zero-order valence-electron chi connectivity index (χ0n) is 30.0. The van der Waals surface area contributed by atoms with Crippen LogP contribution in [-0.4, -0.2) is 0 Å². The van der Waals surface area contributed by atoms with Crippen LogP contribution in [0.1, 0.15) is 49.9 Å².